The minimum absolute atomic E-state index is 0. The summed E-state index contributed by atoms with van der Waals surface area (Å²) in [6.45, 7) is 3.09. The first-order chi connectivity index (χ1) is 14.0. The van der Waals surface area contributed by atoms with E-state index in [9.17, 15) is 9.59 Å². The van der Waals surface area contributed by atoms with Gasteiger partial charge in [-0.25, -0.2) is 4.99 Å². The van der Waals surface area contributed by atoms with Crippen molar-refractivity contribution in [3.63, 3.8) is 0 Å². The molecule has 0 spiro atoms. The molecule has 3 rings (SSSR count). The second-order valence-corrected chi connectivity index (χ2v) is 8.72. The van der Waals surface area contributed by atoms with Gasteiger partial charge >= 0.3 is 0 Å². The summed E-state index contributed by atoms with van der Waals surface area (Å²) in [5.74, 6) is 1.13. The van der Waals surface area contributed by atoms with Crippen LogP contribution >= 0.6 is 24.0 Å². The van der Waals surface area contributed by atoms with Gasteiger partial charge in [-0.05, 0) is 32.1 Å². The maximum Gasteiger partial charge on any atom is 0.243 e. The van der Waals surface area contributed by atoms with E-state index in [0.717, 1.165) is 45.3 Å². The maximum absolute atomic E-state index is 12.8. The molecule has 9 heteroatoms. The summed E-state index contributed by atoms with van der Waals surface area (Å²) in [6, 6.07) is 0.160. The Morgan fingerprint density at radius 1 is 1.10 bits per heavy atom. The molecule has 2 unspecified atom stereocenters. The number of hydrogen-bond donors (Lipinski definition) is 2. The number of guanidine groups is 1. The Hall–Kier alpha value is -1.10. The Balaban J connectivity index is 0.00000320. The number of likely N-dealkylation sites (tertiary alicyclic amines) is 1. The van der Waals surface area contributed by atoms with E-state index in [0.29, 0.717) is 25.0 Å². The third kappa shape index (κ3) is 7.55. The van der Waals surface area contributed by atoms with Crippen molar-refractivity contribution in [2.24, 2.45) is 10.9 Å². The highest BCUT2D eigenvalue weighted by atomic mass is 127. The number of hydrogen-bond acceptors (Lipinski definition) is 4. The van der Waals surface area contributed by atoms with E-state index in [-0.39, 0.29) is 54.5 Å². The van der Waals surface area contributed by atoms with Gasteiger partial charge in [0.25, 0.3) is 0 Å². The minimum Gasteiger partial charge on any atom is -0.376 e. The first kappa shape index (κ1) is 25.2. The standard InChI is InChI=1S/C21H37N5O3.HI/c1-25(2)19(27)14-23-21(22-13-18-9-6-12-29-18)24-17-10-11-26(15-17)20(28)16-7-4-3-5-8-16;/h16-18H,3-15H2,1-2H3,(H2,22,23,24);1H. The zero-order valence-electron chi connectivity index (χ0n) is 18.4. The van der Waals surface area contributed by atoms with Gasteiger partial charge in [-0.3, -0.25) is 9.59 Å². The van der Waals surface area contributed by atoms with Crippen molar-refractivity contribution in [1.82, 2.24) is 20.4 Å². The first-order valence-electron chi connectivity index (χ1n) is 11.2. The van der Waals surface area contributed by atoms with Crippen molar-refractivity contribution in [2.75, 3.05) is 46.9 Å². The number of likely N-dealkylation sites (N-methyl/N-ethyl adjacent to an activating group) is 1. The molecule has 2 saturated heterocycles. The highest BCUT2D eigenvalue weighted by Gasteiger charge is 2.32. The molecule has 2 aliphatic heterocycles. The number of ether oxygens (including phenoxy) is 1. The van der Waals surface area contributed by atoms with E-state index < -0.39 is 0 Å². The molecule has 2 atom stereocenters. The second kappa shape index (κ2) is 12.7. The van der Waals surface area contributed by atoms with Crippen molar-refractivity contribution >= 4 is 41.8 Å². The zero-order valence-corrected chi connectivity index (χ0v) is 20.7. The van der Waals surface area contributed by atoms with Crippen molar-refractivity contribution < 1.29 is 14.3 Å². The number of carbonyl (C=O) groups is 2. The van der Waals surface area contributed by atoms with Crippen LogP contribution in [0.4, 0.5) is 0 Å². The van der Waals surface area contributed by atoms with Gasteiger partial charge in [0.2, 0.25) is 11.8 Å². The molecule has 0 aromatic rings. The fraction of sp³-hybridized carbons (Fsp3) is 0.857. The Labute approximate surface area is 197 Å². The first-order valence-corrected chi connectivity index (χ1v) is 11.2. The predicted octanol–water partition coefficient (Wildman–Crippen LogP) is 1.59. The van der Waals surface area contributed by atoms with Crippen LogP contribution in [0, 0.1) is 5.92 Å². The van der Waals surface area contributed by atoms with Gasteiger partial charge in [0.05, 0.1) is 6.10 Å². The second-order valence-electron chi connectivity index (χ2n) is 8.72. The summed E-state index contributed by atoms with van der Waals surface area (Å²) in [6.07, 6.45) is 8.92. The molecule has 0 bridgehead atoms. The van der Waals surface area contributed by atoms with Crippen LogP contribution in [-0.4, -0.2) is 86.6 Å². The molecule has 2 heterocycles. The molecule has 8 nitrogen and oxygen atoms in total. The molecular formula is C21H38IN5O3. The van der Waals surface area contributed by atoms with E-state index in [1.54, 1.807) is 19.0 Å². The van der Waals surface area contributed by atoms with E-state index >= 15 is 0 Å². The monoisotopic (exact) mass is 535 g/mol. The lowest BCUT2D eigenvalue weighted by atomic mass is 9.88. The summed E-state index contributed by atoms with van der Waals surface area (Å²) >= 11 is 0. The summed E-state index contributed by atoms with van der Waals surface area (Å²) in [5.41, 5.74) is 0. The number of carbonyl (C=O) groups excluding carboxylic acids is 2. The number of nitrogens with one attached hydrogen (secondary N) is 2. The fourth-order valence-electron chi connectivity index (χ4n) is 4.34. The van der Waals surface area contributed by atoms with Gasteiger partial charge < -0.3 is 25.2 Å². The predicted molar refractivity (Wildman–Crippen MR) is 128 cm³/mol. The summed E-state index contributed by atoms with van der Waals surface area (Å²) in [4.78, 5) is 32.8. The number of nitrogens with zero attached hydrogens (tertiary/aromatic N) is 3. The molecule has 0 radical (unpaired) electrons. The summed E-state index contributed by atoms with van der Waals surface area (Å²) in [5, 5.41) is 6.77. The van der Waals surface area contributed by atoms with Crippen LogP contribution in [0.25, 0.3) is 0 Å². The molecule has 1 aliphatic carbocycles. The molecule has 1 saturated carbocycles. The van der Waals surface area contributed by atoms with Crippen LogP contribution in [0.15, 0.2) is 4.99 Å². The topological polar surface area (TPSA) is 86.3 Å². The largest absolute Gasteiger partial charge is 0.376 e. The molecule has 2 amide bonds. The smallest absolute Gasteiger partial charge is 0.243 e. The van der Waals surface area contributed by atoms with Crippen molar-refractivity contribution in [1.29, 1.82) is 0 Å². The third-order valence-electron chi connectivity index (χ3n) is 6.19. The van der Waals surface area contributed by atoms with Crippen LogP contribution in [0.2, 0.25) is 0 Å². The molecule has 172 valence electrons. The molecule has 3 aliphatic rings. The highest BCUT2D eigenvalue weighted by molar-refractivity contribution is 14.0. The van der Waals surface area contributed by atoms with Crippen molar-refractivity contribution in [3.8, 4) is 0 Å². The Morgan fingerprint density at radius 2 is 1.87 bits per heavy atom. The lowest BCUT2D eigenvalue weighted by Gasteiger charge is -2.26. The SMILES string of the molecule is CN(C)C(=O)CN=C(NCC1CCCO1)NC1CCN(C(=O)C2CCCCC2)C1.I. The third-order valence-corrected chi connectivity index (χ3v) is 6.19. The molecular weight excluding hydrogens is 497 g/mol. The number of halogens is 1. The number of amides is 2. The number of rotatable bonds is 6. The summed E-state index contributed by atoms with van der Waals surface area (Å²) < 4.78 is 5.68. The summed E-state index contributed by atoms with van der Waals surface area (Å²) in [7, 11) is 3.47. The average Bonchev–Trinajstić information content (AvgIpc) is 3.42. The minimum atomic E-state index is -0.0382. The van der Waals surface area contributed by atoms with E-state index in [1.165, 1.54) is 19.3 Å². The van der Waals surface area contributed by atoms with Gasteiger partial charge in [-0.2, -0.15) is 0 Å². The van der Waals surface area contributed by atoms with Gasteiger partial charge in [-0.1, -0.05) is 19.3 Å². The van der Waals surface area contributed by atoms with Gasteiger partial charge in [0.15, 0.2) is 5.96 Å². The van der Waals surface area contributed by atoms with Crippen molar-refractivity contribution in [2.45, 2.75) is 63.5 Å². The van der Waals surface area contributed by atoms with Gasteiger partial charge in [0, 0.05) is 52.3 Å². The maximum atomic E-state index is 12.8. The Kier molecular flexibility index (Phi) is 10.6. The number of aliphatic imine (C=N–C) groups is 1. The average molecular weight is 535 g/mol. The zero-order chi connectivity index (χ0) is 20.6. The van der Waals surface area contributed by atoms with Crippen LogP contribution in [0.3, 0.4) is 0 Å². The van der Waals surface area contributed by atoms with Gasteiger partial charge in [0.1, 0.15) is 6.54 Å². The lowest BCUT2D eigenvalue weighted by molar-refractivity contribution is -0.135. The molecule has 30 heavy (non-hydrogen) atoms. The Bertz CT molecular complexity index is 589. The molecule has 0 aromatic carbocycles. The van der Waals surface area contributed by atoms with Crippen molar-refractivity contribution in [3.05, 3.63) is 0 Å². The van der Waals surface area contributed by atoms with E-state index in [2.05, 4.69) is 15.6 Å². The quantitative estimate of drug-likeness (QED) is 0.307. The lowest BCUT2D eigenvalue weighted by Crippen LogP contribution is -2.47. The van der Waals surface area contributed by atoms with E-state index in [4.69, 9.17) is 4.74 Å². The van der Waals surface area contributed by atoms with E-state index in [1.807, 2.05) is 4.90 Å². The molecule has 0 aromatic heterocycles. The normalized spacial score (nSPS) is 25.0. The van der Waals surface area contributed by atoms with Gasteiger partial charge in [-0.15, -0.1) is 24.0 Å². The molecule has 2 N–H and O–H groups in total. The van der Waals surface area contributed by atoms with Crippen LogP contribution < -0.4 is 10.6 Å². The fourth-order valence-corrected chi connectivity index (χ4v) is 4.34. The highest BCUT2D eigenvalue weighted by Crippen LogP contribution is 2.26. The van der Waals surface area contributed by atoms with Crippen LogP contribution in [0.5, 0.6) is 0 Å². The Morgan fingerprint density at radius 3 is 2.53 bits per heavy atom. The van der Waals surface area contributed by atoms with Crippen LogP contribution in [-0.2, 0) is 14.3 Å². The molecule has 3 fully saturated rings. The van der Waals surface area contributed by atoms with Crippen LogP contribution in [0.1, 0.15) is 51.4 Å².